The highest BCUT2D eigenvalue weighted by Gasteiger charge is 2.20. The van der Waals surface area contributed by atoms with Crippen LogP contribution in [0.5, 0.6) is 0 Å². The normalized spacial score (nSPS) is 15.5. The quantitative estimate of drug-likeness (QED) is 0.605. The lowest BCUT2D eigenvalue weighted by atomic mass is 9.98. The van der Waals surface area contributed by atoms with Gasteiger partial charge in [0.1, 0.15) is 6.10 Å². The molecule has 3 rings (SSSR count). The number of thioether (sulfide) groups is 1. The van der Waals surface area contributed by atoms with E-state index in [-0.39, 0.29) is 12.1 Å². The highest BCUT2D eigenvalue weighted by atomic mass is 32.2. The summed E-state index contributed by atoms with van der Waals surface area (Å²) >= 11 is 1.51. The summed E-state index contributed by atoms with van der Waals surface area (Å²) in [5, 5.41) is 3.77. The molecule has 23 heavy (non-hydrogen) atoms. The van der Waals surface area contributed by atoms with Crippen LogP contribution in [0.15, 0.2) is 33.7 Å². The molecule has 1 aliphatic rings. The predicted molar refractivity (Wildman–Crippen MR) is 87.3 cm³/mol. The number of rotatable bonds is 5. The lowest BCUT2D eigenvalue weighted by molar-refractivity contribution is 0.0207. The maximum atomic E-state index is 12.5. The molecule has 2 aromatic rings. The Morgan fingerprint density at radius 2 is 2.09 bits per heavy atom. The lowest BCUT2D eigenvalue weighted by Crippen LogP contribution is -2.21. The number of aryl methyl sites for hydroxylation is 1. The van der Waals surface area contributed by atoms with Crippen molar-refractivity contribution in [3.05, 3.63) is 41.5 Å². The second-order valence-electron chi connectivity index (χ2n) is 5.69. The minimum absolute atomic E-state index is 0.0629. The first-order valence-electron chi connectivity index (χ1n) is 7.94. The molecule has 1 fully saturated rings. The number of esters is 1. The van der Waals surface area contributed by atoms with E-state index in [1.54, 1.807) is 6.92 Å². The summed E-state index contributed by atoms with van der Waals surface area (Å²) in [5.74, 6) is 1.48. The van der Waals surface area contributed by atoms with Crippen molar-refractivity contribution in [2.45, 2.75) is 55.8 Å². The van der Waals surface area contributed by atoms with Crippen molar-refractivity contribution in [1.82, 2.24) is 10.1 Å². The molecule has 6 heteroatoms. The van der Waals surface area contributed by atoms with Gasteiger partial charge in [-0.05, 0) is 44.7 Å². The highest BCUT2D eigenvalue weighted by molar-refractivity contribution is 7.98. The van der Waals surface area contributed by atoms with Crippen LogP contribution in [0.3, 0.4) is 0 Å². The topological polar surface area (TPSA) is 65.2 Å². The van der Waals surface area contributed by atoms with Crippen molar-refractivity contribution in [3.63, 3.8) is 0 Å². The molecule has 0 atom stereocenters. The lowest BCUT2D eigenvalue weighted by Gasteiger charge is -2.22. The van der Waals surface area contributed by atoms with Gasteiger partial charge >= 0.3 is 5.97 Å². The Morgan fingerprint density at radius 1 is 1.30 bits per heavy atom. The van der Waals surface area contributed by atoms with Crippen molar-refractivity contribution in [2.24, 2.45) is 0 Å². The number of nitrogens with zero attached hydrogens (tertiary/aromatic N) is 2. The minimum atomic E-state index is -0.235. The number of aromatic nitrogens is 2. The molecule has 0 radical (unpaired) electrons. The first-order chi connectivity index (χ1) is 11.2. The predicted octanol–water partition coefficient (Wildman–Crippen LogP) is 4.16. The van der Waals surface area contributed by atoms with Crippen molar-refractivity contribution < 1.29 is 14.1 Å². The van der Waals surface area contributed by atoms with Gasteiger partial charge in [0, 0.05) is 4.90 Å². The molecular formula is C17H20N2O3S. The fourth-order valence-corrected chi connectivity index (χ4v) is 3.58. The van der Waals surface area contributed by atoms with Crippen molar-refractivity contribution in [1.29, 1.82) is 0 Å². The summed E-state index contributed by atoms with van der Waals surface area (Å²) in [7, 11) is 0. The van der Waals surface area contributed by atoms with E-state index in [2.05, 4.69) is 10.1 Å². The Bertz CT molecular complexity index is 665. The van der Waals surface area contributed by atoms with E-state index in [9.17, 15) is 4.79 Å². The van der Waals surface area contributed by atoms with Crippen LogP contribution in [0.1, 0.15) is 54.2 Å². The molecule has 0 aliphatic heterocycles. The second-order valence-corrected chi connectivity index (χ2v) is 6.70. The summed E-state index contributed by atoms with van der Waals surface area (Å²) in [5.41, 5.74) is 0.610. The van der Waals surface area contributed by atoms with Gasteiger partial charge in [-0.15, -0.1) is 11.8 Å². The highest BCUT2D eigenvalue weighted by Crippen LogP contribution is 2.28. The first kappa shape index (κ1) is 16.1. The van der Waals surface area contributed by atoms with Gasteiger partial charge in [0.25, 0.3) is 0 Å². The third kappa shape index (κ3) is 4.34. The van der Waals surface area contributed by atoms with Gasteiger partial charge in [0.05, 0.1) is 11.3 Å². The van der Waals surface area contributed by atoms with Crippen LogP contribution in [-0.4, -0.2) is 22.2 Å². The summed E-state index contributed by atoms with van der Waals surface area (Å²) in [6, 6.07) is 7.51. The largest absolute Gasteiger partial charge is 0.459 e. The number of hydrogen-bond acceptors (Lipinski definition) is 6. The van der Waals surface area contributed by atoms with E-state index in [1.165, 1.54) is 18.2 Å². The summed E-state index contributed by atoms with van der Waals surface area (Å²) in [6.07, 6.45) is 5.54. The van der Waals surface area contributed by atoms with Crippen LogP contribution in [0.25, 0.3) is 0 Å². The number of hydrogen-bond donors (Lipinski definition) is 0. The molecule has 1 aromatic heterocycles. The fraction of sp³-hybridized carbons (Fsp3) is 0.471. The number of ether oxygens (including phenoxy) is 1. The van der Waals surface area contributed by atoms with Gasteiger partial charge in [-0.25, -0.2) is 4.79 Å². The molecule has 0 saturated heterocycles. The average molecular weight is 332 g/mol. The second kappa shape index (κ2) is 7.64. The number of benzene rings is 1. The molecule has 122 valence electrons. The summed E-state index contributed by atoms with van der Waals surface area (Å²) in [4.78, 5) is 17.5. The molecule has 0 unspecified atom stereocenters. The van der Waals surface area contributed by atoms with E-state index in [0.717, 1.165) is 30.6 Å². The van der Waals surface area contributed by atoms with Crippen molar-refractivity contribution in [2.75, 3.05) is 0 Å². The van der Waals surface area contributed by atoms with Gasteiger partial charge in [0.15, 0.2) is 5.82 Å². The maximum absolute atomic E-state index is 12.5. The van der Waals surface area contributed by atoms with Crippen LogP contribution in [0.4, 0.5) is 0 Å². The molecule has 0 bridgehead atoms. The van der Waals surface area contributed by atoms with E-state index >= 15 is 0 Å². The van der Waals surface area contributed by atoms with Gasteiger partial charge in [-0.2, -0.15) is 4.98 Å². The number of carbonyl (C=O) groups is 1. The van der Waals surface area contributed by atoms with Gasteiger partial charge in [-0.1, -0.05) is 23.7 Å². The SMILES string of the molecule is Cc1noc(CSc2ccccc2C(=O)OC2CCCCC2)n1. The van der Waals surface area contributed by atoms with Gasteiger partial charge in [-0.3, -0.25) is 0 Å². The Kier molecular flexibility index (Phi) is 5.33. The standard InChI is InChI=1S/C17H20N2O3S/c1-12-18-16(22-19-12)11-23-15-10-6-5-9-14(15)17(20)21-13-7-3-2-4-8-13/h5-6,9-10,13H,2-4,7-8,11H2,1H3. The fourth-order valence-electron chi connectivity index (χ4n) is 2.70. The van der Waals surface area contributed by atoms with Crippen LogP contribution in [-0.2, 0) is 10.5 Å². The van der Waals surface area contributed by atoms with E-state index in [0.29, 0.717) is 23.0 Å². The summed E-state index contributed by atoms with van der Waals surface area (Å²) < 4.78 is 10.8. The molecule has 1 heterocycles. The van der Waals surface area contributed by atoms with Crippen LogP contribution >= 0.6 is 11.8 Å². The Hall–Kier alpha value is -1.82. The molecule has 1 aromatic carbocycles. The molecule has 1 aliphatic carbocycles. The molecular weight excluding hydrogens is 312 g/mol. The summed E-state index contributed by atoms with van der Waals surface area (Å²) in [6.45, 7) is 1.78. The van der Waals surface area contributed by atoms with E-state index in [1.807, 2.05) is 24.3 Å². The zero-order valence-electron chi connectivity index (χ0n) is 13.2. The Morgan fingerprint density at radius 3 is 2.83 bits per heavy atom. The van der Waals surface area contributed by atoms with Crippen molar-refractivity contribution >= 4 is 17.7 Å². The van der Waals surface area contributed by atoms with E-state index in [4.69, 9.17) is 9.26 Å². The molecule has 0 spiro atoms. The maximum Gasteiger partial charge on any atom is 0.339 e. The minimum Gasteiger partial charge on any atom is -0.459 e. The van der Waals surface area contributed by atoms with E-state index < -0.39 is 0 Å². The third-order valence-corrected chi connectivity index (χ3v) is 4.91. The van der Waals surface area contributed by atoms with Crippen LogP contribution < -0.4 is 0 Å². The Balaban J connectivity index is 1.65. The first-order valence-corrected chi connectivity index (χ1v) is 8.93. The zero-order chi connectivity index (χ0) is 16.1. The molecule has 5 nitrogen and oxygen atoms in total. The van der Waals surface area contributed by atoms with Gasteiger partial charge in [0.2, 0.25) is 5.89 Å². The monoisotopic (exact) mass is 332 g/mol. The van der Waals surface area contributed by atoms with Gasteiger partial charge < -0.3 is 9.26 Å². The smallest absolute Gasteiger partial charge is 0.339 e. The van der Waals surface area contributed by atoms with Crippen LogP contribution in [0.2, 0.25) is 0 Å². The molecule has 0 amide bonds. The molecule has 0 N–H and O–H groups in total. The Labute approximate surface area is 139 Å². The third-order valence-electron chi connectivity index (χ3n) is 3.85. The average Bonchev–Trinajstić information content (AvgIpc) is 2.99. The van der Waals surface area contributed by atoms with Crippen molar-refractivity contribution in [3.8, 4) is 0 Å². The zero-order valence-corrected chi connectivity index (χ0v) is 14.0. The molecule has 1 saturated carbocycles. The van der Waals surface area contributed by atoms with Crippen LogP contribution in [0, 0.1) is 6.92 Å². The number of carbonyl (C=O) groups excluding carboxylic acids is 1.